The van der Waals surface area contributed by atoms with Crippen molar-refractivity contribution in [2.24, 2.45) is 0 Å². The number of fused-ring (bicyclic) bond motifs is 3. The molecule has 6 nitrogen and oxygen atoms in total. The molecular weight excluding hydrogens is 326 g/mol. The zero-order chi connectivity index (χ0) is 17.1. The molecule has 6 heteroatoms. The van der Waals surface area contributed by atoms with Crippen molar-refractivity contribution in [1.29, 1.82) is 0 Å². The van der Waals surface area contributed by atoms with Gasteiger partial charge in [-0.25, -0.2) is 0 Å². The van der Waals surface area contributed by atoms with Gasteiger partial charge in [0.05, 0.1) is 5.69 Å². The molecule has 0 atom stereocenters. The number of hydrogen-bond donors (Lipinski definition) is 0. The van der Waals surface area contributed by atoms with Gasteiger partial charge in [0.2, 0.25) is 5.88 Å². The molecule has 3 heterocycles. The largest absolute Gasteiger partial charge is 0.470 e. The van der Waals surface area contributed by atoms with Crippen LogP contribution in [-0.2, 0) is 6.61 Å². The van der Waals surface area contributed by atoms with E-state index in [-0.39, 0.29) is 0 Å². The standard InChI is InChI=1S/C20H21N5O/c1-2-10-21-15(3-1)11-26-20-17-13-6-4-12(5-7-13)16(17)19-23-22-18(14-8-9-14)25(19)24-20/h1-3,10,12-14H,4-9,11H2. The van der Waals surface area contributed by atoms with Gasteiger partial charge >= 0.3 is 0 Å². The average molecular weight is 347 g/mol. The number of rotatable bonds is 4. The molecule has 132 valence electrons. The van der Waals surface area contributed by atoms with Gasteiger partial charge in [0, 0.05) is 23.2 Å². The summed E-state index contributed by atoms with van der Waals surface area (Å²) in [6, 6.07) is 5.91. The second-order valence-electron chi connectivity index (χ2n) is 7.86. The lowest BCUT2D eigenvalue weighted by Gasteiger charge is -2.38. The lowest BCUT2D eigenvalue weighted by Crippen LogP contribution is -2.25. The highest BCUT2D eigenvalue weighted by Gasteiger charge is 2.40. The number of nitrogens with zero attached hydrogens (tertiary/aromatic N) is 5. The molecule has 7 rings (SSSR count). The van der Waals surface area contributed by atoms with Gasteiger partial charge in [0.25, 0.3) is 0 Å². The van der Waals surface area contributed by atoms with Gasteiger partial charge in [-0.1, -0.05) is 6.07 Å². The van der Waals surface area contributed by atoms with E-state index in [0.29, 0.717) is 24.4 Å². The fraction of sp³-hybridized carbons (Fsp3) is 0.500. The van der Waals surface area contributed by atoms with Crippen molar-refractivity contribution < 1.29 is 4.74 Å². The summed E-state index contributed by atoms with van der Waals surface area (Å²) in [7, 11) is 0. The van der Waals surface area contributed by atoms with Crippen LogP contribution in [0.5, 0.6) is 5.88 Å². The smallest absolute Gasteiger partial charge is 0.236 e. The van der Waals surface area contributed by atoms with E-state index in [1.807, 2.05) is 22.7 Å². The molecule has 0 radical (unpaired) electrons. The van der Waals surface area contributed by atoms with E-state index in [4.69, 9.17) is 9.84 Å². The van der Waals surface area contributed by atoms with Crippen molar-refractivity contribution in [1.82, 2.24) is 24.8 Å². The summed E-state index contributed by atoms with van der Waals surface area (Å²) in [5, 5.41) is 13.9. The van der Waals surface area contributed by atoms with Crippen LogP contribution < -0.4 is 4.74 Å². The second kappa shape index (κ2) is 5.50. The van der Waals surface area contributed by atoms with Crippen molar-refractivity contribution in [3.8, 4) is 5.88 Å². The third-order valence-corrected chi connectivity index (χ3v) is 6.19. The maximum Gasteiger partial charge on any atom is 0.236 e. The van der Waals surface area contributed by atoms with Crippen molar-refractivity contribution >= 4 is 5.65 Å². The second-order valence-corrected chi connectivity index (χ2v) is 7.86. The van der Waals surface area contributed by atoms with Crippen LogP contribution in [0.1, 0.15) is 78.9 Å². The van der Waals surface area contributed by atoms with Gasteiger partial charge in [-0.15, -0.1) is 15.3 Å². The molecule has 0 unspecified atom stereocenters. The van der Waals surface area contributed by atoms with Crippen LogP contribution in [0.3, 0.4) is 0 Å². The molecule has 0 aliphatic heterocycles. The third kappa shape index (κ3) is 2.17. The number of aromatic nitrogens is 5. The predicted molar refractivity (Wildman–Crippen MR) is 95.3 cm³/mol. The van der Waals surface area contributed by atoms with Crippen molar-refractivity contribution in [3.05, 3.63) is 47.0 Å². The summed E-state index contributed by atoms with van der Waals surface area (Å²) >= 11 is 0. The highest BCUT2D eigenvalue weighted by atomic mass is 16.5. The number of pyridine rings is 1. The lowest BCUT2D eigenvalue weighted by atomic mass is 9.67. The molecule has 4 aliphatic rings. The Labute approximate surface area is 151 Å². The number of ether oxygens (including phenoxy) is 1. The summed E-state index contributed by atoms with van der Waals surface area (Å²) < 4.78 is 8.20. The first kappa shape index (κ1) is 14.6. The van der Waals surface area contributed by atoms with Gasteiger partial charge in [-0.3, -0.25) is 4.98 Å². The first-order valence-corrected chi connectivity index (χ1v) is 9.70. The first-order chi connectivity index (χ1) is 12.9. The monoisotopic (exact) mass is 347 g/mol. The molecule has 26 heavy (non-hydrogen) atoms. The normalized spacial score (nSPS) is 24.0. The van der Waals surface area contributed by atoms with E-state index >= 15 is 0 Å². The molecular formula is C20H21N5O. The Bertz CT molecular complexity index is 971. The molecule has 0 amide bonds. The summed E-state index contributed by atoms with van der Waals surface area (Å²) in [5.41, 5.74) is 4.56. The summed E-state index contributed by atoms with van der Waals surface area (Å²) in [6.45, 7) is 0.448. The lowest BCUT2D eigenvalue weighted by molar-refractivity contribution is 0.264. The Morgan fingerprint density at radius 3 is 2.42 bits per heavy atom. The minimum Gasteiger partial charge on any atom is -0.470 e. The third-order valence-electron chi connectivity index (χ3n) is 6.19. The quantitative estimate of drug-likeness (QED) is 0.719. The van der Waals surface area contributed by atoms with E-state index in [1.54, 1.807) is 6.20 Å². The topological polar surface area (TPSA) is 65.2 Å². The van der Waals surface area contributed by atoms with Crippen LogP contribution >= 0.6 is 0 Å². The Hall–Kier alpha value is -2.50. The molecule has 2 bridgehead atoms. The molecule has 0 spiro atoms. The highest BCUT2D eigenvalue weighted by molar-refractivity contribution is 5.59. The number of hydrogen-bond acceptors (Lipinski definition) is 5. The predicted octanol–water partition coefficient (Wildman–Crippen LogP) is 3.73. The summed E-state index contributed by atoms with van der Waals surface area (Å²) in [4.78, 5) is 4.38. The van der Waals surface area contributed by atoms with Crippen LogP contribution in [0.25, 0.3) is 5.65 Å². The molecule has 2 fully saturated rings. The van der Waals surface area contributed by atoms with Crippen LogP contribution in [0.4, 0.5) is 0 Å². The molecule has 0 aromatic carbocycles. The van der Waals surface area contributed by atoms with Gasteiger partial charge in [0.1, 0.15) is 6.61 Å². The van der Waals surface area contributed by atoms with E-state index in [1.165, 1.54) is 49.7 Å². The van der Waals surface area contributed by atoms with E-state index in [9.17, 15) is 0 Å². The van der Waals surface area contributed by atoms with Gasteiger partial charge in [-0.05, 0) is 62.5 Å². The zero-order valence-electron chi connectivity index (χ0n) is 14.6. The molecule has 4 aliphatic carbocycles. The maximum absolute atomic E-state index is 6.23. The minimum atomic E-state index is 0.448. The van der Waals surface area contributed by atoms with E-state index in [2.05, 4.69) is 15.2 Å². The van der Waals surface area contributed by atoms with Crippen molar-refractivity contribution in [2.45, 2.75) is 62.9 Å². The Balaban J connectivity index is 1.49. The SMILES string of the molecule is c1ccc(COc2nn3c(C4CC4)nnc3c3c2C2CCC3CC2)nc1. The van der Waals surface area contributed by atoms with Gasteiger partial charge < -0.3 is 4.74 Å². The average Bonchev–Trinajstić information content (AvgIpc) is 3.46. The zero-order valence-corrected chi connectivity index (χ0v) is 14.6. The van der Waals surface area contributed by atoms with Gasteiger partial charge in [-0.2, -0.15) is 4.52 Å². The molecule has 0 N–H and O–H groups in total. The van der Waals surface area contributed by atoms with Crippen LogP contribution in [-0.4, -0.2) is 24.8 Å². The molecule has 3 aromatic heterocycles. The Morgan fingerprint density at radius 1 is 0.923 bits per heavy atom. The van der Waals surface area contributed by atoms with E-state index in [0.717, 1.165) is 23.0 Å². The summed E-state index contributed by atoms with van der Waals surface area (Å²) in [6.07, 6.45) is 9.16. The van der Waals surface area contributed by atoms with Crippen molar-refractivity contribution in [3.63, 3.8) is 0 Å². The Morgan fingerprint density at radius 2 is 1.69 bits per heavy atom. The van der Waals surface area contributed by atoms with Gasteiger partial charge in [0.15, 0.2) is 11.5 Å². The summed E-state index contributed by atoms with van der Waals surface area (Å²) in [5.74, 6) is 3.42. The first-order valence-electron chi connectivity index (χ1n) is 9.70. The minimum absolute atomic E-state index is 0.448. The molecule has 2 saturated carbocycles. The maximum atomic E-state index is 6.23. The van der Waals surface area contributed by atoms with Crippen LogP contribution in [0, 0.1) is 0 Å². The fourth-order valence-electron chi connectivity index (χ4n) is 4.74. The van der Waals surface area contributed by atoms with Crippen molar-refractivity contribution in [2.75, 3.05) is 0 Å². The molecule has 3 aromatic rings. The van der Waals surface area contributed by atoms with Crippen LogP contribution in [0.15, 0.2) is 24.4 Å². The van der Waals surface area contributed by atoms with Crippen LogP contribution in [0.2, 0.25) is 0 Å². The fourth-order valence-corrected chi connectivity index (χ4v) is 4.74. The Kier molecular flexibility index (Phi) is 3.10. The highest BCUT2D eigenvalue weighted by Crippen LogP contribution is 2.53. The molecule has 0 saturated heterocycles. The van der Waals surface area contributed by atoms with E-state index < -0.39 is 0 Å².